The van der Waals surface area contributed by atoms with E-state index in [0.29, 0.717) is 16.5 Å². The summed E-state index contributed by atoms with van der Waals surface area (Å²) in [6.45, 7) is 0. The van der Waals surface area contributed by atoms with E-state index in [1.54, 1.807) is 37.1 Å². The Labute approximate surface area is 132 Å². The lowest BCUT2D eigenvalue weighted by atomic mass is 10.3. The predicted octanol–water partition coefficient (Wildman–Crippen LogP) is 4.71. The van der Waals surface area contributed by atoms with Crippen LogP contribution in [0.25, 0.3) is 0 Å². The summed E-state index contributed by atoms with van der Waals surface area (Å²) in [4.78, 5) is 13.0. The van der Waals surface area contributed by atoms with E-state index >= 15 is 0 Å². The van der Waals surface area contributed by atoms with Gasteiger partial charge in [-0.15, -0.1) is 11.8 Å². The average molecular weight is 323 g/mol. The number of anilines is 2. The number of thioether (sulfide) groups is 1. The molecule has 110 valence electrons. The van der Waals surface area contributed by atoms with E-state index in [1.807, 2.05) is 30.5 Å². The van der Waals surface area contributed by atoms with E-state index in [4.69, 9.17) is 16.3 Å². The van der Waals surface area contributed by atoms with E-state index in [0.717, 1.165) is 10.6 Å². The molecule has 0 aromatic heterocycles. The van der Waals surface area contributed by atoms with Gasteiger partial charge in [0.05, 0.1) is 12.1 Å². The van der Waals surface area contributed by atoms with Crippen molar-refractivity contribution in [1.82, 2.24) is 0 Å². The van der Waals surface area contributed by atoms with Gasteiger partial charge in [-0.1, -0.05) is 17.7 Å². The fourth-order valence-electron chi connectivity index (χ4n) is 1.74. The number of urea groups is 1. The molecule has 0 fully saturated rings. The monoisotopic (exact) mass is 322 g/mol. The molecule has 2 aromatic rings. The molecule has 2 rings (SSSR count). The second-order valence-electron chi connectivity index (χ2n) is 4.16. The molecule has 0 saturated carbocycles. The second kappa shape index (κ2) is 7.24. The van der Waals surface area contributed by atoms with Crippen molar-refractivity contribution >= 4 is 40.8 Å². The molecule has 2 N–H and O–H groups in total. The van der Waals surface area contributed by atoms with Crippen LogP contribution in [0.5, 0.6) is 5.75 Å². The Hall–Kier alpha value is -1.85. The third-order valence-electron chi connectivity index (χ3n) is 2.74. The van der Waals surface area contributed by atoms with Crippen LogP contribution in [0.2, 0.25) is 5.02 Å². The number of nitrogens with one attached hydrogen (secondary N) is 2. The minimum atomic E-state index is -0.325. The van der Waals surface area contributed by atoms with Gasteiger partial charge in [0.25, 0.3) is 0 Å². The average Bonchev–Trinajstić information content (AvgIpc) is 2.47. The third-order valence-corrected chi connectivity index (χ3v) is 3.76. The molecule has 4 nitrogen and oxygen atoms in total. The van der Waals surface area contributed by atoms with Gasteiger partial charge < -0.3 is 15.4 Å². The molecule has 0 heterocycles. The van der Waals surface area contributed by atoms with Crippen LogP contribution in [0.1, 0.15) is 0 Å². The number of methoxy groups -OCH3 is 1. The van der Waals surface area contributed by atoms with Crippen molar-refractivity contribution in [3.05, 3.63) is 47.5 Å². The maximum absolute atomic E-state index is 11.9. The minimum absolute atomic E-state index is 0.325. The molecular formula is C15H15ClN2O2S. The lowest BCUT2D eigenvalue weighted by molar-refractivity contribution is 0.262. The summed E-state index contributed by atoms with van der Waals surface area (Å²) in [7, 11) is 1.54. The van der Waals surface area contributed by atoms with Gasteiger partial charge in [0.2, 0.25) is 0 Å². The fourth-order valence-corrected chi connectivity index (χ4v) is 2.46. The molecule has 2 amide bonds. The van der Waals surface area contributed by atoms with Gasteiger partial charge in [-0.2, -0.15) is 0 Å². The van der Waals surface area contributed by atoms with Crippen LogP contribution in [0, 0.1) is 0 Å². The van der Waals surface area contributed by atoms with Crippen LogP contribution < -0.4 is 15.4 Å². The summed E-state index contributed by atoms with van der Waals surface area (Å²) in [5, 5.41) is 5.94. The summed E-state index contributed by atoms with van der Waals surface area (Å²) in [5.41, 5.74) is 1.33. The predicted molar refractivity (Wildman–Crippen MR) is 88.9 cm³/mol. The van der Waals surface area contributed by atoms with Crippen LogP contribution in [-0.2, 0) is 0 Å². The summed E-state index contributed by atoms with van der Waals surface area (Å²) in [6.07, 6.45) is 1.98. The maximum atomic E-state index is 11.9. The topological polar surface area (TPSA) is 50.4 Å². The lowest BCUT2D eigenvalue weighted by Gasteiger charge is -2.10. The molecule has 0 unspecified atom stereocenters. The summed E-state index contributed by atoms with van der Waals surface area (Å²) < 4.78 is 5.06. The van der Waals surface area contributed by atoms with Gasteiger partial charge >= 0.3 is 6.03 Å². The Morgan fingerprint density at radius 3 is 2.48 bits per heavy atom. The van der Waals surface area contributed by atoms with E-state index in [2.05, 4.69) is 10.6 Å². The molecule has 0 atom stereocenters. The molecule has 0 aliphatic carbocycles. The maximum Gasteiger partial charge on any atom is 0.323 e. The van der Waals surface area contributed by atoms with Crippen LogP contribution in [0.15, 0.2) is 47.4 Å². The first-order chi connectivity index (χ1) is 10.1. The van der Waals surface area contributed by atoms with Crippen molar-refractivity contribution < 1.29 is 9.53 Å². The molecule has 0 aliphatic rings. The summed E-state index contributed by atoms with van der Waals surface area (Å²) in [5.74, 6) is 0.565. The molecule has 0 aliphatic heterocycles. The zero-order chi connectivity index (χ0) is 15.2. The van der Waals surface area contributed by atoms with E-state index in [9.17, 15) is 4.79 Å². The Bertz CT molecular complexity index is 649. The Kier molecular flexibility index (Phi) is 5.36. The third kappa shape index (κ3) is 4.31. The molecular weight excluding hydrogens is 308 g/mol. The first-order valence-electron chi connectivity index (χ1n) is 6.18. The van der Waals surface area contributed by atoms with Crippen molar-refractivity contribution in [2.75, 3.05) is 24.0 Å². The Morgan fingerprint density at radius 1 is 1.14 bits per heavy atom. The van der Waals surface area contributed by atoms with E-state index in [-0.39, 0.29) is 6.03 Å². The number of ether oxygens (including phenoxy) is 1. The standard InChI is InChI=1S/C15H15ClN2O2S/c1-20-14-7-6-11(9-13(14)16)18-15(19)17-10-4-3-5-12(8-10)21-2/h3-9H,1-2H3,(H2,17,18,19). The first-order valence-corrected chi connectivity index (χ1v) is 7.78. The summed E-state index contributed by atoms with van der Waals surface area (Å²) >= 11 is 7.63. The largest absolute Gasteiger partial charge is 0.495 e. The van der Waals surface area contributed by atoms with Gasteiger partial charge in [-0.05, 0) is 42.7 Å². The number of halogens is 1. The second-order valence-corrected chi connectivity index (χ2v) is 5.45. The highest BCUT2D eigenvalue weighted by Crippen LogP contribution is 2.27. The van der Waals surface area contributed by atoms with Crippen molar-refractivity contribution in [1.29, 1.82) is 0 Å². The number of hydrogen-bond donors (Lipinski definition) is 2. The number of amides is 2. The van der Waals surface area contributed by atoms with Crippen molar-refractivity contribution in [3.63, 3.8) is 0 Å². The highest BCUT2D eigenvalue weighted by atomic mass is 35.5. The van der Waals surface area contributed by atoms with Gasteiger partial charge in [-0.25, -0.2) is 4.79 Å². The van der Waals surface area contributed by atoms with Gasteiger partial charge in [-0.3, -0.25) is 0 Å². The normalized spacial score (nSPS) is 10.0. The zero-order valence-corrected chi connectivity index (χ0v) is 13.2. The number of hydrogen-bond acceptors (Lipinski definition) is 3. The highest BCUT2D eigenvalue weighted by molar-refractivity contribution is 7.98. The molecule has 0 spiro atoms. The molecule has 2 aromatic carbocycles. The number of carbonyl (C=O) groups excluding carboxylic acids is 1. The van der Waals surface area contributed by atoms with Crippen LogP contribution in [-0.4, -0.2) is 19.4 Å². The smallest absolute Gasteiger partial charge is 0.323 e. The minimum Gasteiger partial charge on any atom is -0.495 e. The van der Waals surface area contributed by atoms with Crippen molar-refractivity contribution in [3.8, 4) is 5.75 Å². The van der Waals surface area contributed by atoms with E-state index in [1.165, 1.54) is 0 Å². The Morgan fingerprint density at radius 2 is 1.86 bits per heavy atom. The number of carbonyl (C=O) groups is 1. The van der Waals surface area contributed by atoms with Crippen LogP contribution >= 0.6 is 23.4 Å². The van der Waals surface area contributed by atoms with Gasteiger partial charge in [0.15, 0.2) is 0 Å². The quantitative estimate of drug-likeness (QED) is 0.801. The number of rotatable bonds is 4. The first kappa shape index (κ1) is 15.5. The van der Waals surface area contributed by atoms with Crippen LogP contribution in [0.3, 0.4) is 0 Å². The highest BCUT2D eigenvalue weighted by Gasteiger charge is 2.06. The molecule has 6 heteroatoms. The molecule has 0 radical (unpaired) electrons. The molecule has 0 saturated heterocycles. The number of benzene rings is 2. The lowest BCUT2D eigenvalue weighted by Crippen LogP contribution is -2.19. The zero-order valence-electron chi connectivity index (χ0n) is 11.6. The van der Waals surface area contributed by atoms with Gasteiger partial charge in [0, 0.05) is 16.3 Å². The SMILES string of the molecule is COc1ccc(NC(=O)Nc2cccc(SC)c2)cc1Cl. The Balaban J connectivity index is 2.02. The van der Waals surface area contributed by atoms with Crippen molar-refractivity contribution in [2.24, 2.45) is 0 Å². The fraction of sp³-hybridized carbons (Fsp3) is 0.133. The molecule has 21 heavy (non-hydrogen) atoms. The molecule has 0 bridgehead atoms. The van der Waals surface area contributed by atoms with Gasteiger partial charge in [0.1, 0.15) is 5.75 Å². The van der Waals surface area contributed by atoms with E-state index < -0.39 is 0 Å². The van der Waals surface area contributed by atoms with Crippen LogP contribution in [0.4, 0.5) is 16.2 Å². The van der Waals surface area contributed by atoms with Crippen molar-refractivity contribution in [2.45, 2.75) is 4.90 Å². The summed E-state index contributed by atoms with van der Waals surface area (Å²) in [6, 6.07) is 12.4.